The largest absolute Gasteiger partial charge is 0.573 e. The summed E-state index contributed by atoms with van der Waals surface area (Å²) in [6, 6.07) is 12.7. The van der Waals surface area contributed by atoms with Crippen molar-refractivity contribution in [3.05, 3.63) is 65.0 Å². The van der Waals surface area contributed by atoms with Gasteiger partial charge in [0, 0.05) is 5.38 Å². The third kappa shape index (κ3) is 6.16. The molecule has 0 saturated carbocycles. The fourth-order valence-corrected chi connectivity index (χ4v) is 2.65. The number of nitrogens with zero attached hydrogens (tertiary/aromatic N) is 2. The van der Waals surface area contributed by atoms with Gasteiger partial charge in [-0.15, -0.1) is 24.5 Å². The standard InChI is InChI=1S/C18H15F3N4O2S/c19-18(20,21)27-15-7-5-14(6-8-15)26-10-13-3-1-12(2-4-13)9-23-25-17-24-16(22)11-28-17/h1-9,11H,10,22H2,(H,24,25). The highest BCUT2D eigenvalue weighted by Gasteiger charge is 2.30. The molecule has 146 valence electrons. The second-order valence-electron chi connectivity index (χ2n) is 5.50. The molecule has 0 spiro atoms. The average molecular weight is 408 g/mol. The van der Waals surface area contributed by atoms with Crippen molar-refractivity contribution >= 4 is 28.5 Å². The number of ether oxygens (including phenoxy) is 2. The Labute approximate surface area is 162 Å². The molecule has 0 aliphatic heterocycles. The number of benzene rings is 2. The van der Waals surface area contributed by atoms with Crippen LogP contribution in [-0.2, 0) is 6.61 Å². The van der Waals surface area contributed by atoms with Gasteiger partial charge < -0.3 is 15.2 Å². The summed E-state index contributed by atoms with van der Waals surface area (Å²) < 4.78 is 45.8. The van der Waals surface area contributed by atoms with Crippen molar-refractivity contribution in [1.29, 1.82) is 0 Å². The molecule has 0 bridgehead atoms. The van der Waals surface area contributed by atoms with E-state index in [1.54, 1.807) is 11.6 Å². The van der Waals surface area contributed by atoms with Gasteiger partial charge in [-0.1, -0.05) is 24.3 Å². The van der Waals surface area contributed by atoms with Crippen molar-refractivity contribution in [3.8, 4) is 11.5 Å². The monoisotopic (exact) mass is 408 g/mol. The van der Waals surface area contributed by atoms with Crippen molar-refractivity contribution in [2.45, 2.75) is 13.0 Å². The zero-order valence-corrected chi connectivity index (χ0v) is 15.1. The maximum absolute atomic E-state index is 12.1. The Morgan fingerprint density at radius 1 is 1.07 bits per heavy atom. The molecule has 0 aliphatic carbocycles. The van der Waals surface area contributed by atoms with Crippen LogP contribution in [0.2, 0.25) is 0 Å². The maximum atomic E-state index is 12.1. The number of aromatic nitrogens is 1. The Morgan fingerprint density at radius 2 is 1.75 bits per heavy atom. The van der Waals surface area contributed by atoms with Crippen LogP contribution >= 0.6 is 11.3 Å². The van der Waals surface area contributed by atoms with E-state index in [9.17, 15) is 13.2 Å². The summed E-state index contributed by atoms with van der Waals surface area (Å²) in [6.07, 6.45) is -3.07. The summed E-state index contributed by atoms with van der Waals surface area (Å²) in [5.74, 6) is 0.583. The summed E-state index contributed by atoms with van der Waals surface area (Å²) in [5, 5.41) is 6.39. The second-order valence-corrected chi connectivity index (χ2v) is 6.36. The normalized spacial score (nSPS) is 11.5. The lowest BCUT2D eigenvalue weighted by Gasteiger charge is -2.10. The van der Waals surface area contributed by atoms with Gasteiger partial charge in [0.1, 0.15) is 23.9 Å². The van der Waals surface area contributed by atoms with Crippen molar-refractivity contribution < 1.29 is 22.6 Å². The molecule has 6 nitrogen and oxygen atoms in total. The molecule has 1 heterocycles. The highest BCUT2D eigenvalue weighted by Crippen LogP contribution is 2.25. The summed E-state index contributed by atoms with van der Waals surface area (Å²) in [5.41, 5.74) is 10.1. The Kier molecular flexibility index (Phi) is 5.99. The molecule has 0 aliphatic rings. The lowest BCUT2D eigenvalue weighted by atomic mass is 10.1. The Bertz CT molecular complexity index is 925. The minimum atomic E-state index is -4.71. The Balaban J connectivity index is 1.49. The molecule has 0 saturated heterocycles. The van der Waals surface area contributed by atoms with Crippen LogP contribution in [-0.4, -0.2) is 17.6 Å². The van der Waals surface area contributed by atoms with E-state index in [-0.39, 0.29) is 12.4 Å². The summed E-state index contributed by atoms with van der Waals surface area (Å²) in [7, 11) is 0. The molecule has 3 rings (SSSR count). The number of nitrogens with one attached hydrogen (secondary N) is 1. The minimum Gasteiger partial charge on any atom is -0.489 e. The smallest absolute Gasteiger partial charge is 0.489 e. The van der Waals surface area contributed by atoms with E-state index in [2.05, 4.69) is 20.2 Å². The van der Waals surface area contributed by atoms with Gasteiger partial charge in [0.2, 0.25) is 5.13 Å². The van der Waals surface area contributed by atoms with Gasteiger partial charge in [0.25, 0.3) is 0 Å². The van der Waals surface area contributed by atoms with E-state index in [0.29, 0.717) is 16.7 Å². The summed E-state index contributed by atoms with van der Waals surface area (Å²) in [6.45, 7) is 0.271. The van der Waals surface area contributed by atoms with E-state index in [4.69, 9.17) is 10.5 Å². The zero-order chi connectivity index (χ0) is 20.0. The average Bonchev–Trinajstić information content (AvgIpc) is 3.06. The molecule has 1 aromatic heterocycles. The zero-order valence-electron chi connectivity index (χ0n) is 14.3. The van der Waals surface area contributed by atoms with Gasteiger partial charge in [-0.2, -0.15) is 5.10 Å². The number of hydrogen-bond acceptors (Lipinski definition) is 7. The van der Waals surface area contributed by atoms with E-state index in [1.165, 1.54) is 35.6 Å². The summed E-state index contributed by atoms with van der Waals surface area (Å²) >= 11 is 1.35. The highest BCUT2D eigenvalue weighted by molar-refractivity contribution is 7.14. The predicted octanol–water partition coefficient (Wildman–Crippen LogP) is 4.65. The Hall–Kier alpha value is -3.27. The lowest BCUT2D eigenvalue weighted by molar-refractivity contribution is -0.274. The van der Waals surface area contributed by atoms with Crippen LogP contribution in [0.1, 0.15) is 11.1 Å². The van der Waals surface area contributed by atoms with Crippen molar-refractivity contribution in [2.24, 2.45) is 5.10 Å². The van der Waals surface area contributed by atoms with E-state index >= 15 is 0 Å². The van der Waals surface area contributed by atoms with E-state index < -0.39 is 6.36 Å². The van der Waals surface area contributed by atoms with Crippen LogP contribution < -0.4 is 20.6 Å². The van der Waals surface area contributed by atoms with Crippen molar-refractivity contribution in [2.75, 3.05) is 11.2 Å². The molecule has 10 heteroatoms. The van der Waals surface area contributed by atoms with Crippen molar-refractivity contribution in [1.82, 2.24) is 4.98 Å². The third-order valence-corrected chi connectivity index (χ3v) is 4.10. The molecule has 28 heavy (non-hydrogen) atoms. The number of rotatable bonds is 7. The van der Waals surface area contributed by atoms with E-state index in [0.717, 1.165) is 11.1 Å². The van der Waals surface area contributed by atoms with E-state index in [1.807, 2.05) is 24.3 Å². The van der Waals surface area contributed by atoms with Crippen LogP contribution in [0.3, 0.4) is 0 Å². The van der Waals surface area contributed by atoms with Crippen LogP contribution in [0.15, 0.2) is 59.0 Å². The fourth-order valence-electron chi connectivity index (χ4n) is 2.10. The molecular weight excluding hydrogens is 393 g/mol. The van der Waals surface area contributed by atoms with Gasteiger partial charge >= 0.3 is 6.36 Å². The number of nitrogens with two attached hydrogens (primary N) is 1. The molecule has 0 unspecified atom stereocenters. The number of hydrazone groups is 1. The first-order valence-corrected chi connectivity index (χ1v) is 8.83. The van der Waals surface area contributed by atoms with Gasteiger partial charge in [0.05, 0.1) is 6.21 Å². The highest BCUT2D eigenvalue weighted by atomic mass is 32.1. The second kappa shape index (κ2) is 8.61. The Morgan fingerprint density at radius 3 is 2.36 bits per heavy atom. The molecule has 0 atom stereocenters. The van der Waals surface area contributed by atoms with Gasteiger partial charge in [-0.05, 0) is 35.4 Å². The van der Waals surface area contributed by atoms with Crippen LogP contribution in [0, 0.1) is 0 Å². The molecule has 0 radical (unpaired) electrons. The lowest BCUT2D eigenvalue weighted by Crippen LogP contribution is -2.16. The minimum absolute atomic E-state index is 0.271. The molecule has 0 amide bonds. The van der Waals surface area contributed by atoms with Gasteiger partial charge in [-0.25, -0.2) is 4.98 Å². The SMILES string of the molecule is Nc1csc(NN=Cc2ccc(COc3ccc(OC(F)(F)F)cc3)cc2)n1. The first-order valence-electron chi connectivity index (χ1n) is 7.95. The van der Waals surface area contributed by atoms with Crippen molar-refractivity contribution in [3.63, 3.8) is 0 Å². The molecule has 3 aromatic rings. The maximum Gasteiger partial charge on any atom is 0.573 e. The van der Waals surface area contributed by atoms with Crippen LogP contribution in [0.4, 0.5) is 24.1 Å². The van der Waals surface area contributed by atoms with Gasteiger partial charge in [0.15, 0.2) is 0 Å². The van der Waals surface area contributed by atoms with Crippen LogP contribution in [0.5, 0.6) is 11.5 Å². The topological polar surface area (TPSA) is 81.8 Å². The number of anilines is 2. The number of alkyl halides is 3. The molecule has 2 aromatic carbocycles. The number of hydrogen-bond donors (Lipinski definition) is 2. The van der Waals surface area contributed by atoms with Crippen LogP contribution in [0.25, 0.3) is 0 Å². The first kappa shape index (κ1) is 19.5. The molecular formula is C18H15F3N4O2S. The fraction of sp³-hybridized carbons (Fsp3) is 0.111. The predicted molar refractivity (Wildman–Crippen MR) is 102 cm³/mol. The quantitative estimate of drug-likeness (QED) is 0.439. The molecule has 3 N–H and O–H groups in total. The third-order valence-electron chi connectivity index (χ3n) is 3.34. The number of nitrogen functional groups attached to an aromatic ring is 1. The van der Waals surface area contributed by atoms with Gasteiger partial charge in [-0.3, -0.25) is 5.43 Å². The molecule has 0 fully saturated rings. The number of halogens is 3. The summed E-state index contributed by atoms with van der Waals surface area (Å²) in [4.78, 5) is 4.02. The first-order chi connectivity index (χ1) is 13.4. The number of thiazole rings is 1.